The Morgan fingerprint density at radius 1 is 1.07 bits per heavy atom. The van der Waals surface area contributed by atoms with Crippen LogP contribution in [-0.2, 0) is 6.42 Å². The third-order valence-electron chi connectivity index (χ3n) is 9.96. The number of halogens is 2. The lowest BCUT2D eigenvalue weighted by molar-refractivity contribution is 0.261. The van der Waals surface area contributed by atoms with Crippen LogP contribution in [-0.4, -0.2) is 74.0 Å². The summed E-state index contributed by atoms with van der Waals surface area (Å²) in [5, 5.41) is 24.1. The molecule has 5 aliphatic heterocycles. The van der Waals surface area contributed by atoms with E-state index < -0.39 is 5.82 Å². The summed E-state index contributed by atoms with van der Waals surface area (Å²) < 4.78 is 31.7. The van der Waals surface area contributed by atoms with Gasteiger partial charge in [0.25, 0.3) is 0 Å². The Kier molecular flexibility index (Phi) is 6.24. The van der Waals surface area contributed by atoms with Gasteiger partial charge in [0.15, 0.2) is 17.2 Å². The maximum absolute atomic E-state index is 16.8. The lowest BCUT2D eigenvalue weighted by Crippen LogP contribution is -2.61. The zero-order chi connectivity index (χ0) is 29.3. The monoisotopic (exact) mass is 581 g/mol. The Balaban J connectivity index is 1.34. The topological polar surface area (TPSA) is 90.3 Å². The number of anilines is 1. The molecule has 5 aliphatic rings. The molecule has 2 atom stereocenters. The van der Waals surface area contributed by atoms with Gasteiger partial charge in [-0.15, -0.1) is 10.2 Å². The van der Waals surface area contributed by atoms with Gasteiger partial charge in [-0.2, -0.15) is 0 Å². The zero-order valence-electron chi connectivity index (χ0n) is 24.1. The van der Waals surface area contributed by atoms with Gasteiger partial charge in [-0.25, -0.2) is 18.7 Å². The highest BCUT2D eigenvalue weighted by Gasteiger charge is 2.43. The maximum atomic E-state index is 16.8. The van der Waals surface area contributed by atoms with Crippen molar-refractivity contribution in [3.63, 3.8) is 0 Å². The van der Waals surface area contributed by atoms with Gasteiger partial charge < -0.3 is 15.3 Å². The van der Waals surface area contributed by atoms with Crippen LogP contribution < -0.4 is 10.2 Å². The van der Waals surface area contributed by atoms with Gasteiger partial charge in [-0.3, -0.25) is 4.90 Å². The number of piperazine rings is 1. The highest BCUT2D eigenvalue weighted by Crippen LogP contribution is 2.40. The second-order valence-corrected chi connectivity index (χ2v) is 12.4. The van der Waals surface area contributed by atoms with E-state index >= 15 is 4.39 Å². The van der Waals surface area contributed by atoms with Crippen molar-refractivity contribution in [2.45, 2.75) is 69.5 Å². The molecule has 8 nitrogen and oxygen atoms in total. The molecule has 0 radical (unpaired) electrons. The fourth-order valence-corrected chi connectivity index (χ4v) is 7.86. The number of nitrogens with one attached hydrogen (secondary N) is 1. The smallest absolute Gasteiger partial charge is 0.207 e. The number of hydrogen-bond donors (Lipinski definition) is 2. The molecule has 0 amide bonds. The summed E-state index contributed by atoms with van der Waals surface area (Å²) in [6.07, 6.45) is 6.76. The van der Waals surface area contributed by atoms with E-state index in [2.05, 4.69) is 42.1 Å². The van der Waals surface area contributed by atoms with Crippen LogP contribution in [0, 0.1) is 23.5 Å². The van der Waals surface area contributed by atoms with Gasteiger partial charge in [-0.05, 0) is 98.5 Å². The van der Waals surface area contributed by atoms with Crippen LogP contribution >= 0.6 is 0 Å². The lowest BCUT2D eigenvalue weighted by Gasteiger charge is -2.46. The number of benzene rings is 2. The molecule has 0 aliphatic carbocycles. The van der Waals surface area contributed by atoms with Crippen molar-refractivity contribution in [1.82, 2.24) is 30.4 Å². The Labute approximate surface area is 248 Å². The summed E-state index contributed by atoms with van der Waals surface area (Å²) >= 11 is 0. The quantitative estimate of drug-likeness (QED) is 0.337. The molecule has 43 heavy (non-hydrogen) atoms. The highest BCUT2D eigenvalue weighted by atomic mass is 19.1. The SMILES string of the molecule is CCc1c(F)ccc2cc(O)cc(-c3nnc4c(N5C[C@@H]6CC[C@H]5CN6)nc(C#CC56CCCN5CCC6)nc4c3F)c12. The van der Waals surface area contributed by atoms with Crippen molar-refractivity contribution in [2.24, 2.45) is 0 Å². The fourth-order valence-electron chi connectivity index (χ4n) is 7.86. The molecule has 10 heteroatoms. The number of aryl methyl sites for hydroxylation is 1. The van der Waals surface area contributed by atoms with Crippen LogP contribution in [0.1, 0.15) is 56.8 Å². The van der Waals surface area contributed by atoms with E-state index in [0.29, 0.717) is 34.6 Å². The van der Waals surface area contributed by atoms with Crippen LogP contribution in [0.4, 0.5) is 14.6 Å². The van der Waals surface area contributed by atoms with Crippen LogP contribution in [0.15, 0.2) is 24.3 Å². The first-order valence-corrected chi connectivity index (χ1v) is 15.4. The van der Waals surface area contributed by atoms with Crippen LogP contribution in [0.2, 0.25) is 0 Å². The molecule has 2 aromatic heterocycles. The molecule has 9 rings (SSSR count). The molecule has 0 spiro atoms. The number of phenolic OH excluding ortho intramolecular Hbond substituents is 1. The molecule has 5 fully saturated rings. The van der Waals surface area contributed by atoms with E-state index in [4.69, 9.17) is 4.98 Å². The van der Waals surface area contributed by atoms with Crippen molar-refractivity contribution in [1.29, 1.82) is 0 Å². The zero-order valence-corrected chi connectivity index (χ0v) is 24.1. The first kappa shape index (κ1) is 26.7. The van der Waals surface area contributed by atoms with Crippen LogP contribution in [0.25, 0.3) is 33.1 Å². The van der Waals surface area contributed by atoms with Crippen molar-refractivity contribution >= 4 is 27.6 Å². The number of hydrogen-bond acceptors (Lipinski definition) is 8. The van der Waals surface area contributed by atoms with Crippen molar-refractivity contribution in [3.8, 4) is 28.8 Å². The number of piperidine rings is 2. The largest absolute Gasteiger partial charge is 0.508 e. The van der Waals surface area contributed by atoms with E-state index in [1.54, 1.807) is 12.1 Å². The van der Waals surface area contributed by atoms with Gasteiger partial charge in [0.2, 0.25) is 5.82 Å². The van der Waals surface area contributed by atoms with E-state index in [-0.39, 0.29) is 51.3 Å². The molecular formula is C33H33F2N7O. The molecular weight excluding hydrogens is 548 g/mol. The van der Waals surface area contributed by atoms with Crippen molar-refractivity contribution < 1.29 is 13.9 Å². The van der Waals surface area contributed by atoms with Gasteiger partial charge in [0.05, 0.1) is 5.54 Å². The summed E-state index contributed by atoms with van der Waals surface area (Å²) in [7, 11) is 0. The lowest BCUT2D eigenvalue weighted by atomic mass is 9.93. The first-order chi connectivity index (χ1) is 20.9. The fraction of sp³-hybridized carbons (Fsp3) is 0.455. The summed E-state index contributed by atoms with van der Waals surface area (Å²) in [5.74, 6) is 6.44. The molecule has 2 aromatic carbocycles. The number of fused-ring (bicyclic) bond motifs is 6. The highest BCUT2D eigenvalue weighted by molar-refractivity contribution is 6.01. The number of aromatic hydroxyl groups is 1. The predicted octanol–water partition coefficient (Wildman–Crippen LogP) is 4.71. The van der Waals surface area contributed by atoms with E-state index in [0.717, 1.165) is 64.7 Å². The minimum atomic E-state index is -0.684. The second kappa shape index (κ2) is 10.1. The standard InChI is InChI=1S/C33H33F2N7O/c1-2-23-25(34)8-5-19-15-22(43)16-24(27(19)23)29-28(35)30-31(40-39-29)32(42-18-20-6-7-21(42)17-36-20)38-26(37-30)9-12-33-10-3-13-41(33)14-4-11-33/h5,8,15-16,20-21,36,43H,2-4,6-7,10-11,13-14,17-18H2,1H3/t20-,21-/m0/s1. The molecule has 220 valence electrons. The number of phenols is 1. The summed E-state index contributed by atoms with van der Waals surface area (Å²) in [5.41, 5.74) is 0.777. The van der Waals surface area contributed by atoms with Gasteiger partial charge in [-0.1, -0.05) is 18.9 Å². The molecule has 2 bridgehead atoms. The normalized spacial score (nSPS) is 22.7. The predicted molar refractivity (Wildman–Crippen MR) is 161 cm³/mol. The Morgan fingerprint density at radius 2 is 1.91 bits per heavy atom. The summed E-state index contributed by atoms with van der Waals surface area (Å²) in [6.45, 7) is 5.51. The third-order valence-corrected chi connectivity index (χ3v) is 9.96. The summed E-state index contributed by atoms with van der Waals surface area (Å²) in [4.78, 5) is 14.2. The molecule has 2 N–H and O–H groups in total. The van der Waals surface area contributed by atoms with E-state index in [1.165, 1.54) is 12.1 Å². The minimum Gasteiger partial charge on any atom is -0.508 e. The Hall–Kier alpha value is -3.94. The Bertz CT molecular complexity index is 1830. The summed E-state index contributed by atoms with van der Waals surface area (Å²) in [6, 6.07) is 6.46. The van der Waals surface area contributed by atoms with E-state index in [9.17, 15) is 9.50 Å². The number of aromatic nitrogens is 4. The minimum absolute atomic E-state index is 0.0341. The van der Waals surface area contributed by atoms with Gasteiger partial charge in [0, 0.05) is 30.7 Å². The van der Waals surface area contributed by atoms with Gasteiger partial charge >= 0.3 is 0 Å². The van der Waals surface area contributed by atoms with Crippen LogP contribution in [0.5, 0.6) is 5.75 Å². The second-order valence-electron chi connectivity index (χ2n) is 12.4. The van der Waals surface area contributed by atoms with Crippen LogP contribution in [0.3, 0.4) is 0 Å². The third kappa shape index (κ3) is 4.24. The first-order valence-electron chi connectivity index (χ1n) is 15.4. The number of rotatable bonds is 3. The molecule has 4 aromatic rings. The average molecular weight is 582 g/mol. The molecule has 7 heterocycles. The van der Waals surface area contributed by atoms with Crippen molar-refractivity contribution in [3.05, 3.63) is 47.3 Å². The molecule has 0 unspecified atom stereocenters. The molecule has 5 saturated heterocycles. The maximum Gasteiger partial charge on any atom is 0.207 e. The van der Waals surface area contributed by atoms with E-state index in [1.807, 2.05) is 6.92 Å². The Morgan fingerprint density at radius 3 is 2.63 bits per heavy atom. The van der Waals surface area contributed by atoms with Gasteiger partial charge in [0.1, 0.15) is 22.8 Å². The number of nitrogens with zero attached hydrogens (tertiary/aromatic N) is 6. The van der Waals surface area contributed by atoms with Crippen molar-refractivity contribution in [2.75, 3.05) is 31.1 Å². The average Bonchev–Trinajstić information content (AvgIpc) is 3.61. The molecule has 0 saturated carbocycles.